The molecule has 0 aliphatic rings. The molecule has 5 heteroatoms. The molecule has 4 nitrogen and oxygen atoms in total. The Morgan fingerprint density at radius 2 is 2.22 bits per heavy atom. The summed E-state index contributed by atoms with van der Waals surface area (Å²) in [7, 11) is 3.89. The van der Waals surface area contributed by atoms with Crippen molar-refractivity contribution in [3.05, 3.63) is 29.8 Å². The van der Waals surface area contributed by atoms with Crippen molar-refractivity contribution in [3.8, 4) is 6.07 Å². The number of hydrogen-bond donors (Lipinski definition) is 0. The Kier molecular flexibility index (Phi) is 3.30. The van der Waals surface area contributed by atoms with Gasteiger partial charge < -0.3 is 4.57 Å². The molecule has 0 saturated heterocycles. The molecule has 0 aliphatic carbocycles. The number of benzene rings is 1. The lowest BCUT2D eigenvalue weighted by Gasteiger charge is -2.19. The van der Waals surface area contributed by atoms with Gasteiger partial charge in [-0.1, -0.05) is 0 Å². The highest BCUT2D eigenvalue weighted by atomic mass is 19.1. The van der Waals surface area contributed by atoms with Gasteiger partial charge in [0.1, 0.15) is 18.2 Å². The Bertz CT molecular complexity index is 609. The van der Waals surface area contributed by atoms with Crippen molar-refractivity contribution in [2.45, 2.75) is 19.5 Å². The molecule has 0 aliphatic heterocycles. The predicted octanol–water partition coefficient (Wildman–Crippen LogP) is 2.32. The van der Waals surface area contributed by atoms with Crippen molar-refractivity contribution >= 4 is 11.0 Å². The van der Waals surface area contributed by atoms with Crippen LogP contribution in [0.5, 0.6) is 0 Å². The lowest BCUT2D eigenvalue weighted by atomic mass is 10.3. The topological polar surface area (TPSA) is 44.9 Å². The fraction of sp³-hybridized carbons (Fsp3) is 0.385. The van der Waals surface area contributed by atoms with Crippen LogP contribution >= 0.6 is 0 Å². The molecule has 0 amide bonds. The van der Waals surface area contributed by atoms with E-state index in [4.69, 9.17) is 5.26 Å². The summed E-state index contributed by atoms with van der Waals surface area (Å²) in [6, 6.07) is 6.64. The fourth-order valence-corrected chi connectivity index (χ4v) is 1.91. The van der Waals surface area contributed by atoms with E-state index in [2.05, 4.69) is 11.1 Å². The molecule has 0 fully saturated rings. The van der Waals surface area contributed by atoms with Crippen molar-refractivity contribution < 1.29 is 4.39 Å². The lowest BCUT2D eigenvalue weighted by Crippen LogP contribution is -2.20. The van der Waals surface area contributed by atoms with Crippen LogP contribution in [0.4, 0.5) is 4.39 Å². The molecule has 2 rings (SSSR count). The summed E-state index contributed by atoms with van der Waals surface area (Å²) in [6.07, 6.45) is 0. The number of halogens is 1. The summed E-state index contributed by atoms with van der Waals surface area (Å²) >= 11 is 0. The van der Waals surface area contributed by atoms with Gasteiger partial charge in [0, 0.05) is 6.07 Å². The molecule has 1 atom stereocenters. The van der Waals surface area contributed by atoms with E-state index in [1.54, 1.807) is 6.07 Å². The second kappa shape index (κ2) is 4.75. The van der Waals surface area contributed by atoms with Crippen LogP contribution in [-0.2, 0) is 6.54 Å². The molecule has 1 unspecified atom stereocenters. The highest BCUT2D eigenvalue weighted by molar-refractivity contribution is 5.76. The van der Waals surface area contributed by atoms with Gasteiger partial charge in [0.15, 0.2) is 0 Å². The standard InChI is InChI=1S/C13H15FN4/c1-9(17(2)3)13-16-11-8-10(14)4-5-12(11)18(13)7-6-15/h4-5,8-9H,7H2,1-3H3. The van der Waals surface area contributed by atoms with Gasteiger partial charge >= 0.3 is 0 Å². The molecular formula is C13H15FN4. The van der Waals surface area contributed by atoms with Gasteiger partial charge in [0.25, 0.3) is 0 Å². The maximum atomic E-state index is 13.2. The summed E-state index contributed by atoms with van der Waals surface area (Å²) in [5.41, 5.74) is 1.38. The Labute approximate surface area is 105 Å². The summed E-state index contributed by atoms with van der Waals surface area (Å²) in [5, 5.41) is 8.91. The van der Waals surface area contributed by atoms with Gasteiger partial charge in [-0.15, -0.1) is 0 Å². The minimum absolute atomic E-state index is 0.0637. The Balaban J connectivity index is 2.65. The van der Waals surface area contributed by atoms with E-state index >= 15 is 0 Å². The van der Waals surface area contributed by atoms with Crippen LogP contribution in [0.25, 0.3) is 11.0 Å². The number of aromatic nitrogens is 2. The molecule has 1 aromatic carbocycles. The van der Waals surface area contributed by atoms with Crippen LogP contribution in [0, 0.1) is 17.1 Å². The van der Waals surface area contributed by atoms with Crippen molar-refractivity contribution in [1.82, 2.24) is 14.5 Å². The van der Waals surface area contributed by atoms with E-state index in [-0.39, 0.29) is 18.4 Å². The smallest absolute Gasteiger partial charge is 0.127 e. The van der Waals surface area contributed by atoms with Crippen molar-refractivity contribution in [2.24, 2.45) is 0 Å². The van der Waals surface area contributed by atoms with E-state index in [1.165, 1.54) is 12.1 Å². The van der Waals surface area contributed by atoms with Crippen LogP contribution in [0.1, 0.15) is 18.8 Å². The van der Waals surface area contributed by atoms with E-state index in [0.29, 0.717) is 5.52 Å². The molecule has 1 heterocycles. The quantitative estimate of drug-likeness (QED) is 0.834. The predicted molar refractivity (Wildman–Crippen MR) is 67.4 cm³/mol. The van der Waals surface area contributed by atoms with Crippen LogP contribution in [0.2, 0.25) is 0 Å². The second-order valence-corrected chi connectivity index (χ2v) is 4.49. The summed E-state index contributed by atoms with van der Waals surface area (Å²) in [6.45, 7) is 2.22. The average Bonchev–Trinajstić information content (AvgIpc) is 2.66. The molecule has 0 saturated carbocycles. The fourth-order valence-electron chi connectivity index (χ4n) is 1.91. The third-order valence-corrected chi connectivity index (χ3v) is 3.12. The van der Waals surface area contributed by atoms with Gasteiger partial charge in [-0.25, -0.2) is 9.37 Å². The maximum absolute atomic E-state index is 13.2. The highest BCUT2D eigenvalue weighted by Gasteiger charge is 2.18. The van der Waals surface area contributed by atoms with Gasteiger partial charge in [0.2, 0.25) is 0 Å². The average molecular weight is 246 g/mol. The van der Waals surface area contributed by atoms with Gasteiger partial charge in [0.05, 0.1) is 23.1 Å². The first-order valence-electron chi connectivity index (χ1n) is 5.73. The molecule has 94 valence electrons. The van der Waals surface area contributed by atoms with Gasteiger partial charge in [-0.3, -0.25) is 4.90 Å². The van der Waals surface area contributed by atoms with Crippen molar-refractivity contribution in [1.29, 1.82) is 5.26 Å². The normalized spacial score (nSPS) is 12.9. The molecular weight excluding hydrogens is 231 g/mol. The number of nitriles is 1. The molecule has 0 spiro atoms. The number of hydrogen-bond acceptors (Lipinski definition) is 3. The van der Waals surface area contributed by atoms with Crippen LogP contribution < -0.4 is 0 Å². The van der Waals surface area contributed by atoms with Crippen molar-refractivity contribution in [2.75, 3.05) is 14.1 Å². The van der Waals surface area contributed by atoms with Gasteiger partial charge in [-0.2, -0.15) is 5.26 Å². The molecule has 0 N–H and O–H groups in total. The number of nitrogens with zero attached hydrogens (tertiary/aromatic N) is 4. The first-order chi connectivity index (χ1) is 8.54. The zero-order chi connectivity index (χ0) is 13.3. The number of imidazole rings is 1. The third kappa shape index (κ3) is 2.07. The molecule has 1 aromatic heterocycles. The highest BCUT2D eigenvalue weighted by Crippen LogP contribution is 2.23. The molecule has 2 aromatic rings. The minimum atomic E-state index is -0.312. The van der Waals surface area contributed by atoms with E-state index < -0.39 is 0 Å². The lowest BCUT2D eigenvalue weighted by molar-refractivity contribution is 0.303. The third-order valence-electron chi connectivity index (χ3n) is 3.12. The Hall–Kier alpha value is -1.93. The first kappa shape index (κ1) is 12.5. The van der Waals surface area contributed by atoms with Gasteiger partial charge in [-0.05, 0) is 33.2 Å². The zero-order valence-corrected chi connectivity index (χ0v) is 10.7. The zero-order valence-electron chi connectivity index (χ0n) is 10.7. The summed E-state index contributed by atoms with van der Waals surface area (Å²) in [4.78, 5) is 6.45. The number of rotatable bonds is 3. The largest absolute Gasteiger partial charge is 0.313 e. The number of fused-ring (bicyclic) bond motifs is 1. The SMILES string of the molecule is CC(c1nc2cc(F)ccc2n1CC#N)N(C)C. The monoisotopic (exact) mass is 246 g/mol. The Morgan fingerprint density at radius 3 is 2.83 bits per heavy atom. The summed E-state index contributed by atoms with van der Waals surface area (Å²) < 4.78 is 15.0. The minimum Gasteiger partial charge on any atom is -0.313 e. The van der Waals surface area contributed by atoms with Crippen LogP contribution in [0.3, 0.4) is 0 Å². The molecule has 18 heavy (non-hydrogen) atoms. The molecule has 0 radical (unpaired) electrons. The first-order valence-corrected chi connectivity index (χ1v) is 5.73. The van der Waals surface area contributed by atoms with E-state index in [9.17, 15) is 4.39 Å². The molecule has 0 bridgehead atoms. The van der Waals surface area contributed by atoms with E-state index in [1.807, 2.05) is 30.5 Å². The van der Waals surface area contributed by atoms with Crippen LogP contribution in [0.15, 0.2) is 18.2 Å². The maximum Gasteiger partial charge on any atom is 0.127 e. The second-order valence-electron chi connectivity index (χ2n) is 4.49. The van der Waals surface area contributed by atoms with Crippen LogP contribution in [-0.4, -0.2) is 28.5 Å². The Morgan fingerprint density at radius 1 is 1.50 bits per heavy atom. The summed E-state index contributed by atoms with van der Waals surface area (Å²) in [5.74, 6) is 0.468. The van der Waals surface area contributed by atoms with Crippen molar-refractivity contribution in [3.63, 3.8) is 0 Å². The van der Waals surface area contributed by atoms with E-state index in [0.717, 1.165) is 11.3 Å².